The molecule has 1 aliphatic heterocycles. The number of nitrogens with one attached hydrogen (secondary N) is 1. The van der Waals surface area contributed by atoms with Gasteiger partial charge in [-0.1, -0.05) is 0 Å². The number of nitrogens with zero attached hydrogens (tertiary/aromatic N) is 3. The third-order valence-electron chi connectivity index (χ3n) is 4.19. The molecule has 2 aromatic heterocycles. The zero-order valence-electron chi connectivity index (χ0n) is 11.2. The van der Waals surface area contributed by atoms with Gasteiger partial charge in [-0.3, -0.25) is 4.57 Å². The molecule has 2 unspecified atom stereocenters. The zero-order valence-corrected chi connectivity index (χ0v) is 12.0. The summed E-state index contributed by atoms with van der Waals surface area (Å²) in [6, 6.07) is 0.267. The lowest BCUT2D eigenvalue weighted by molar-refractivity contribution is 0.0755. The number of imidazole rings is 1. The number of fused-ring (bicyclic) bond motifs is 1. The van der Waals surface area contributed by atoms with Crippen LogP contribution in [0.5, 0.6) is 5.88 Å². The van der Waals surface area contributed by atoms with Gasteiger partial charge in [-0.25, -0.2) is 4.98 Å². The van der Waals surface area contributed by atoms with E-state index < -0.39 is 0 Å². The molecule has 2 fully saturated rings. The van der Waals surface area contributed by atoms with Crippen molar-refractivity contribution in [3.05, 3.63) is 11.1 Å². The van der Waals surface area contributed by atoms with Crippen LogP contribution in [0.3, 0.4) is 0 Å². The van der Waals surface area contributed by atoms with Crippen molar-refractivity contribution in [3.63, 3.8) is 0 Å². The molecule has 1 saturated carbocycles. The molecule has 0 spiro atoms. The third kappa shape index (κ3) is 1.76. The minimum Gasteiger partial charge on any atom is -0.479 e. The third-order valence-corrected chi connectivity index (χ3v) is 4.48. The van der Waals surface area contributed by atoms with Gasteiger partial charge in [0.2, 0.25) is 5.88 Å². The SMILES string of the molecule is COc1ncnc2c1[nH]c(=S)n2C1CCOC1C1CC1. The van der Waals surface area contributed by atoms with Gasteiger partial charge >= 0.3 is 0 Å². The summed E-state index contributed by atoms with van der Waals surface area (Å²) in [4.78, 5) is 11.7. The first-order chi connectivity index (χ1) is 9.79. The largest absolute Gasteiger partial charge is 0.479 e. The fourth-order valence-corrected chi connectivity index (χ4v) is 3.45. The molecule has 3 heterocycles. The maximum absolute atomic E-state index is 5.92. The number of ether oxygens (including phenoxy) is 2. The summed E-state index contributed by atoms with van der Waals surface area (Å²) in [7, 11) is 1.60. The van der Waals surface area contributed by atoms with Crippen LogP contribution >= 0.6 is 12.2 Å². The average Bonchev–Trinajstić information content (AvgIpc) is 3.09. The Labute approximate surface area is 121 Å². The number of hydrogen-bond donors (Lipinski definition) is 1. The van der Waals surface area contributed by atoms with Crippen LogP contribution in [-0.2, 0) is 4.74 Å². The molecule has 2 aliphatic rings. The quantitative estimate of drug-likeness (QED) is 0.879. The zero-order chi connectivity index (χ0) is 13.7. The summed E-state index contributed by atoms with van der Waals surface area (Å²) in [5.41, 5.74) is 1.57. The predicted molar refractivity (Wildman–Crippen MR) is 75.4 cm³/mol. The van der Waals surface area contributed by atoms with Crippen LogP contribution in [-0.4, -0.2) is 39.3 Å². The second-order valence-corrected chi connectivity index (χ2v) is 5.80. The van der Waals surface area contributed by atoms with Crippen molar-refractivity contribution in [1.29, 1.82) is 0 Å². The van der Waals surface area contributed by atoms with Gasteiger partial charge in [-0.2, -0.15) is 4.98 Å². The molecule has 1 aliphatic carbocycles. The molecule has 1 saturated heterocycles. The number of hydrogen-bond acceptors (Lipinski definition) is 5. The van der Waals surface area contributed by atoms with Crippen LogP contribution in [0.1, 0.15) is 25.3 Å². The lowest BCUT2D eigenvalue weighted by Crippen LogP contribution is -2.22. The summed E-state index contributed by atoms with van der Waals surface area (Å²) < 4.78 is 13.9. The van der Waals surface area contributed by atoms with Gasteiger partial charge in [0.1, 0.15) is 11.8 Å². The number of H-pyrrole nitrogens is 1. The Morgan fingerprint density at radius 3 is 3.00 bits per heavy atom. The van der Waals surface area contributed by atoms with E-state index in [2.05, 4.69) is 19.5 Å². The molecular weight excluding hydrogens is 276 g/mol. The molecule has 0 amide bonds. The van der Waals surface area contributed by atoms with E-state index in [0.717, 1.165) is 24.2 Å². The summed E-state index contributed by atoms with van der Waals surface area (Å²) in [5, 5.41) is 0. The molecule has 6 nitrogen and oxygen atoms in total. The smallest absolute Gasteiger partial charge is 0.242 e. The Kier molecular flexibility index (Phi) is 2.78. The standard InChI is InChI=1S/C13H16N4O2S/c1-18-12-9-11(14-6-15-12)17(13(20)16-9)8-4-5-19-10(8)7-2-3-7/h6-8,10H,2-5H2,1H3,(H,16,20). The van der Waals surface area contributed by atoms with E-state index in [1.54, 1.807) is 7.11 Å². The lowest BCUT2D eigenvalue weighted by Gasteiger charge is -2.19. The fraction of sp³-hybridized carbons (Fsp3) is 0.615. The van der Waals surface area contributed by atoms with E-state index in [1.165, 1.54) is 19.2 Å². The number of rotatable bonds is 3. The Morgan fingerprint density at radius 1 is 1.40 bits per heavy atom. The van der Waals surface area contributed by atoms with Crippen LogP contribution in [0.15, 0.2) is 6.33 Å². The molecule has 2 atom stereocenters. The molecule has 2 aromatic rings. The summed E-state index contributed by atoms with van der Waals surface area (Å²) in [6.07, 6.45) is 5.28. The van der Waals surface area contributed by atoms with Crippen LogP contribution in [0.25, 0.3) is 11.2 Å². The van der Waals surface area contributed by atoms with Crippen molar-refractivity contribution in [2.75, 3.05) is 13.7 Å². The maximum atomic E-state index is 5.92. The molecule has 106 valence electrons. The molecule has 0 radical (unpaired) electrons. The molecule has 20 heavy (non-hydrogen) atoms. The van der Waals surface area contributed by atoms with E-state index in [9.17, 15) is 0 Å². The van der Waals surface area contributed by atoms with Gasteiger partial charge in [0.05, 0.1) is 19.3 Å². The van der Waals surface area contributed by atoms with Crippen molar-refractivity contribution in [3.8, 4) is 5.88 Å². The van der Waals surface area contributed by atoms with Gasteiger partial charge in [0.25, 0.3) is 0 Å². The van der Waals surface area contributed by atoms with E-state index in [-0.39, 0.29) is 12.1 Å². The van der Waals surface area contributed by atoms with Gasteiger partial charge in [0.15, 0.2) is 10.4 Å². The van der Waals surface area contributed by atoms with Crippen molar-refractivity contribution < 1.29 is 9.47 Å². The summed E-state index contributed by atoms with van der Waals surface area (Å²) in [5.74, 6) is 1.21. The number of aromatic amines is 1. The van der Waals surface area contributed by atoms with Gasteiger partial charge in [-0.05, 0) is 37.4 Å². The number of aromatic nitrogens is 4. The second-order valence-electron chi connectivity index (χ2n) is 5.41. The highest BCUT2D eigenvalue weighted by atomic mass is 32.1. The predicted octanol–water partition coefficient (Wildman–Crippen LogP) is 2.24. The van der Waals surface area contributed by atoms with Crippen LogP contribution in [0, 0.1) is 10.7 Å². The first-order valence-electron chi connectivity index (χ1n) is 6.90. The van der Waals surface area contributed by atoms with Gasteiger partial charge < -0.3 is 14.5 Å². The maximum Gasteiger partial charge on any atom is 0.242 e. The van der Waals surface area contributed by atoms with Gasteiger partial charge in [0, 0.05) is 6.61 Å². The Morgan fingerprint density at radius 2 is 2.25 bits per heavy atom. The number of methoxy groups -OCH3 is 1. The first-order valence-corrected chi connectivity index (χ1v) is 7.31. The van der Waals surface area contributed by atoms with E-state index >= 15 is 0 Å². The Bertz CT molecular complexity index is 706. The van der Waals surface area contributed by atoms with Crippen LogP contribution in [0.4, 0.5) is 0 Å². The van der Waals surface area contributed by atoms with Crippen molar-refractivity contribution in [2.24, 2.45) is 5.92 Å². The highest BCUT2D eigenvalue weighted by Crippen LogP contribution is 2.44. The fourth-order valence-electron chi connectivity index (χ4n) is 3.13. The van der Waals surface area contributed by atoms with Crippen LogP contribution in [0.2, 0.25) is 0 Å². The topological polar surface area (TPSA) is 65.0 Å². The Balaban J connectivity index is 1.87. The summed E-state index contributed by atoms with van der Waals surface area (Å²) >= 11 is 5.49. The molecule has 0 aromatic carbocycles. The molecule has 7 heteroatoms. The molecule has 0 bridgehead atoms. The summed E-state index contributed by atoms with van der Waals surface area (Å²) in [6.45, 7) is 0.794. The highest BCUT2D eigenvalue weighted by molar-refractivity contribution is 7.71. The van der Waals surface area contributed by atoms with E-state index in [4.69, 9.17) is 21.7 Å². The average molecular weight is 292 g/mol. The minimum atomic E-state index is 0.265. The van der Waals surface area contributed by atoms with Crippen molar-refractivity contribution in [2.45, 2.75) is 31.4 Å². The van der Waals surface area contributed by atoms with E-state index in [0.29, 0.717) is 16.6 Å². The van der Waals surface area contributed by atoms with Crippen LogP contribution < -0.4 is 4.74 Å². The van der Waals surface area contributed by atoms with E-state index in [1.807, 2.05) is 0 Å². The molecule has 1 N–H and O–H groups in total. The first kappa shape index (κ1) is 12.3. The lowest BCUT2D eigenvalue weighted by atomic mass is 10.1. The van der Waals surface area contributed by atoms with Crippen molar-refractivity contribution >= 4 is 23.4 Å². The Hall–Kier alpha value is -1.47. The second kappa shape index (κ2) is 4.53. The molecular formula is C13H16N4O2S. The molecule has 4 rings (SSSR count). The van der Waals surface area contributed by atoms with Crippen molar-refractivity contribution in [1.82, 2.24) is 19.5 Å². The monoisotopic (exact) mass is 292 g/mol. The van der Waals surface area contributed by atoms with Gasteiger partial charge in [-0.15, -0.1) is 0 Å². The highest BCUT2D eigenvalue weighted by Gasteiger charge is 2.42. The normalized spacial score (nSPS) is 26.2. The minimum absolute atomic E-state index is 0.265.